The number of aliphatic hydroxyl groups excluding tert-OH is 1. The standard InChI is InChI=1S/C8H17N3O2/c9-8(13)11-3-1-2-10(4-5-11)6-7-12/h12H,1-7H2,(H2,9,13). The van der Waals surface area contributed by atoms with Crippen molar-refractivity contribution in [2.75, 3.05) is 39.3 Å². The molecule has 1 aliphatic rings. The molecule has 1 saturated heterocycles. The van der Waals surface area contributed by atoms with Crippen molar-refractivity contribution in [3.8, 4) is 0 Å². The number of nitrogens with zero attached hydrogens (tertiary/aromatic N) is 2. The Kier molecular flexibility index (Phi) is 3.98. The Balaban J connectivity index is 2.35. The second kappa shape index (κ2) is 5.04. The Morgan fingerprint density at radius 1 is 1.31 bits per heavy atom. The Labute approximate surface area is 78.1 Å². The number of hydrogen-bond donors (Lipinski definition) is 2. The Morgan fingerprint density at radius 3 is 2.69 bits per heavy atom. The van der Waals surface area contributed by atoms with Crippen LogP contribution < -0.4 is 5.73 Å². The van der Waals surface area contributed by atoms with Gasteiger partial charge in [-0.05, 0) is 13.0 Å². The van der Waals surface area contributed by atoms with E-state index < -0.39 is 0 Å². The molecule has 0 aromatic rings. The van der Waals surface area contributed by atoms with E-state index in [1.807, 2.05) is 0 Å². The van der Waals surface area contributed by atoms with E-state index >= 15 is 0 Å². The number of carbonyl (C=O) groups is 1. The summed E-state index contributed by atoms with van der Waals surface area (Å²) in [4.78, 5) is 14.6. The molecule has 0 atom stereocenters. The quantitative estimate of drug-likeness (QED) is 0.586. The van der Waals surface area contributed by atoms with Gasteiger partial charge in [-0.1, -0.05) is 0 Å². The molecule has 3 N–H and O–H groups in total. The topological polar surface area (TPSA) is 69.8 Å². The molecule has 0 aromatic heterocycles. The van der Waals surface area contributed by atoms with Gasteiger partial charge >= 0.3 is 6.03 Å². The average molecular weight is 187 g/mol. The van der Waals surface area contributed by atoms with Crippen LogP contribution in [-0.4, -0.2) is 60.3 Å². The molecule has 0 aromatic carbocycles. The van der Waals surface area contributed by atoms with Gasteiger partial charge in [0.2, 0.25) is 0 Å². The van der Waals surface area contributed by atoms with E-state index in [2.05, 4.69) is 4.90 Å². The molecule has 1 rings (SSSR count). The summed E-state index contributed by atoms with van der Waals surface area (Å²) in [5.41, 5.74) is 5.18. The Hall–Kier alpha value is -0.810. The third kappa shape index (κ3) is 3.20. The van der Waals surface area contributed by atoms with Crippen molar-refractivity contribution in [1.82, 2.24) is 9.80 Å². The predicted octanol–water partition coefficient (Wildman–Crippen LogP) is -0.935. The molecular formula is C8H17N3O2. The second-order valence-electron chi connectivity index (χ2n) is 3.24. The lowest BCUT2D eigenvalue weighted by Gasteiger charge is -2.19. The largest absolute Gasteiger partial charge is 0.395 e. The highest BCUT2D eigenvalue weighted by molar-refractivity contribution is 5.71. The van der Waals surface area contributed by atoms with E-state index in [-0.39, 0.29) is 12.6 Å². The van der Waals surface area contributed by atoms with Crippen molar-refractivity contribution in [2.24, 2.45) is 5.73 Å². The lowest BCUT2D eigenvalue weighted by atomic mass is 10.4. The molecule has 2 amide bonds. The van der Waals surface area contributed by atoms with Gasteiger partial charge in [-0.15, -0.1) is 0 Å². The fourth-order valence-electron chi connectivity index (χ4n) is 1.56. The highest BCUT2D eigenvalue weighted by atomic mass is 16.3. The number of amides is 2. The summed E-state index contributed by atoms with van der Waals surface area (Å²) in [6, 6.07) is -0.342. The van der Waals surface area contributed by atoms with Crippen LogP contribution in [0.1, 0.15) is 6.42 Å². The normalized spacial score (nSPS) is 19.9. The van der Waals surface area contributed by atoms with Crippen LogP contribution in [0.2, 0.25) is 0 Å². The van der Waals surface area contributed by atoms with Gasteiger partial charge in [-0.25, -0.2) is 4.79 Å². The summed E-state index contributed by atoms with van der Waals surface area (Å²) >= 11 is 0. The van der Waals surface area contributed by atoms with Crippen molar-refractivity contribution >= 4 is 6.03 Å². The SMILES string of the molecule is NC(=O)N1CCCN(CCO)CC1. The summed E-state index contributed by atoms with van der Waals surface area (Å²) in [7, 11) is 0. The zero-order valence-electron chi connectivity index (χ0n) is 7.78. The lowest BCUT2D eigenvalue weighted by molar-refractivity contribution is 0.193. The molecule has 1 fully saturated rings. The first-order valence-corrected chi connectivity index (χ1v) is 4.61. The molecular weight excluding hydrogens is 170 g/mol. The van der Waals surface area contributed by atoms with E-state index in [0.29, 0.717) is 13.1 Å². The minimum absolute atomic E-state index is 0.177. The predicted molar refractivity (Wildman–Crippen MR) is 49.3 cm³/mol. The molecule has 5 heteroatoms. The van der Waals surface area contributed by atoms with Crippen molar-refractivity contribution in [3.05, 3.63) is 0 Å². The van der Waals surface area contributed by atoms with E-state index in [1.165, 1.54) is 0 Å². The van der Waals surface area contributed by atoms with Crippen LogP contribution in [0, 0.1) is 0 Å². The van der Waals surface area contributed by atoms with Crippen LogP contribution in [0.3, 0.4) is 0 Å². The summed E-state index contributed by atoms with van der Waals surface area (Å²) in [5, 5.41) is 8.74. The zero-order chi connectivity index (χ0) is 9.68. The number of aliphatic hydroxyl groups is 1. The first kappa shape index (κ1) is 10.3. The van der Waals surface area contributed by atoms with Gasteiger partial charge < -0.3 is 15.7 Å². The van der Waals surface area contributed by atoms with Crippen LogP contribution in [0.15, 0.2) is 0 Å². The van der Waals surface area contributed by atoms with Gasteiger partial charge in [0.1, 0.15) is 0 Å². The third-order valence-electron chi connectivity index (χ3n) is 2.32. The molecule has 1 aliphatic heterocycles. The smallest absolute Gasteiger partial charge is 0.314 e. The van der Waals surface area contributed by atoms with E-state index in [0.717, 1.165) is 26.1 Å². The minimum atomic E-state index is -0.342. The maximum Gasteiger partial charge on any atom is 0.314 e. The van der Waals surface area contributed by atoms with Crippen molar-refractivity contribution in [3.63, 3.8) is 0 Å². The fourth-order valence-corrected chi connectivity index (χ4v) is 1.56. The van der Waals surface area contributed by atoms with Crippen LogP contribution in [0.25, 0.3) is 0 Å². The molecule has 13 heavy (non-hydrogen) atoms. The molecule has 0 bridgehead atoms. The lowest BCUT2D eigenvalue weighted by Crippen LogP contribution is -2.39. The fraction of sp³-hybridized carbons (Fsp3) is 0.875. The van der Waals surface area contributed by atoms with E-state index in [4.69, 9.17) is 10.8 Å². The molecule has 0 radical (unpaired) electrons. The number of urea groups is 1. The number of primary amides is 1. The second-order valence-corrected chi connectivity index (χ2v) is 3.24. The number of β-amino-alcohol motifs (C(OH)–C–C–N with tert-alkyl or cyclic N) is 1. The molecule has 1 heterocycles. The van der Waals surface area contributed by atoms with Gasteiger partial charge in [0.15, 0.2) is 0 Å². The summed E-state index contributed by atoms with van der Waals surface area (Å²) in [6.45, 7) is 4.02. The number of carbonyl (C=O) groups excluding carboxylic acids is 1. The zero-order valence-corrected chi connectivity index (χ0v) is 7.78. The van der Waals surface area contributed by atoms with Crippen LogP contribution >= 0.6 is 0 Å². The van der Waals surface area contributed by atoms with Crippen LogP contribution in [0.4, 0.5) is 4.79 Å². The molecule has 5 nitrogen and oxygen atoms in total. The highest BCUT2D eigenvalue weighted by Crippen LogP contribution is 2.01. The van der Waals surface area contributed by atoms with Gasteiger partial charge in [-0.2, -0.15) is 0 Å². The van der Waals surface area contributed by atoms with Gasteiger partial charge in [0, 0.05) is 26.2 Å². The van der Waals surface area contributed by atoms with Gasteiger partial charge in [-0.3, -0.25) is 4.90 Å². The monoisotopic (exact) mass is 187 g/mol. The molecule has 0 unspecified atom stereocenters. The summed E-state index contributed by atoms with van der Waals surface area (Å²) in [5.74, 6) is 0. The molecule has 0 spiro atoms. The number of hydrogen-bond acceptors (Lipinski definition) is 3. The Bertz CT molecular complexity index is 175. The van der Waals surface area contributed by atoms with Crippen LogP contribution in [0.5, 0.6) is 0 Å². The minimum Gasteiger partial charge on any atom is -0.395 e. The summed E-state index contributed by atoms with van der Waals surface area (Å²) in [6.07, 6.45) is 0.933. The summed E-state index contributed by atoms with van der Waals surface area (Å²) < 4.78 is 0. The molecule has 0 aliphatic carbocycles. The van der Waals surface area contributed by atoms with Crippen molar-refractivity contribution in [1.29, 1.82) is 0 Å². The van der Waals surface area contributed by atoms with Crippen molar-refractivity contribution < 1.29 is 9.90 Å². The first-order chi connectivity index (χ1) is 6.24. The number of nitrogens with two attached hydrogens (primary N) is 1. The van der Waals surface area contributed by atoms with Crippen LogP contribution in [-0.2, 0) is 0 Å². The maximum atomic E-state index is 10.9. The van der Waals surface area contributed by atoms with E-state index in [1.54, 1.807) is 4.90 Å². The molecule has 76 valence electrons. The third-order valence-corrected chi connectivity index (χ3v) is 2.32. The van der Waals surface area contributed by atoms with E-state index in [9.17, 15) is 4.79 Å². The highest BCUT2D eigenvalue weighted by Gasteiger charge is 2.15. The van der Waals surface area contributed by atoms with Gasteiger partial charge in [0.25, 0.3) is 0 Å². The average Bonchev–Trinajstić information content (AvgIpc) is 2.30. The number of rotatable bonds is 2. The molecule has 0 saturated carbocycles. The maximum absolute atomic E-state index is 10.9. The Morgan fingerprint density at radius 2 is 2.08 bits per heavy atom. The first-order valence-electron chi connectivity index (χ1n) is 4.61. The van der Waals surface area contributed by atoms with Gasteiger partial charge in [0.05, 0.1) is 6.61 Å². The van der Waals surface area contributed by atoms with Crippen molar-refractivity contribution in [2.45, 2.75) is 6.42 Å².